The van der Waals surface area contributed by atoms with Crippen LogP contribution in [0.5, 0.6) is 0 Å². The summed E-state index contributed by atoms with van der Waals surface area (Å²) in [6.45, 7) is 18.1. The van der Waals surface area contributed by atoms with Crippen molar-refractivity contribution in [1.29, 1.82) is 0 Å². The van der Waals surface area contributed by atoms with Gasteiger partial charge in [-0.1, -0.05) is 104 Å². The highest BCUT2D eigenvalue weighted by Crippen LogP contribution is 2.32. The van der Waals surface area contributed by atoms with Gasteiger partial charge >= 0.3 is 0 Å². The Hall–Kier alpha value is -0.0400. The highest BCUT2D eigenvalue weighted by atomic mass is 15.2. The third kappa shape index (κ3) is 12.9. The van der Waals surface area contributed by atoms with Gasteiger partial charge < -0.3 is 0 Å². The lowest BCUT2D eigenvalue weighted by atomic mass is 9.86. The maximum atomic E-state index is 2.84. The SMILES string of the molecule is CCCCCCCCCCCCCCN(C(C)(C)CCC)C(C)(C)CCC. The fraction of sp³-hybridized carbons (Fsp3) is 1.00. The van der Waals surface area contributed by atoms with E-state index in [2.05, 4.69) is 53.4 Å². The van der Waals surface area contributed by atoms with Crippen LogP contribution < -0.4 is 0 Å². The van der Waals surface area contributed by atoms with Crippen LogP contribution in [0.3, 0.4) is 0 Å². The molecule has 0 aromatic carbocycles. The molecule has 0 fully saturated rings. The van der Waals surface area contributed by atoms with E-state index in [9.17, 15) is 0 Å². The zero-order valence-electron chi connectivity index (χ0n) is 20.5. The second-order valence-electron chi connectivity index (χ2n) is 10.2. The molecule has 0 radical (unpaired) electrons. The maximum absolute atomic E-state index is 2.84. The smallest absolute Gasteiger partial charge is 0.0158 e. The van der Waals surface area contributed by atoms with Crippen molar-refractivity contribution in [3.63, 3.8) is 0 Å². The van der Waals surface area contributed by atoms with Crippen molar-refractivity contribution in [2.75, 3.05) is 6.54 Å². The van der Waals surface area contributed by atoms with Crippen LogP contribution in [0.15, 0.2) is 0 Å². The van der Waals surface area contributed by atoms with E-state index in [0.717, 1.165) is 0 Å². The number of hydrogen-bond acceptors (Lipinski definition) is 1. The van der Waals surface area contributed by atoms with E-state index >= 15 is 0 Å². The average Bonchev–Trinajstić information content (AvgIpc) is 2.58. The van der Waals surface area contributed by atoms with Crippen molar-refractivity contribution in [3.8, 4) is 0 Å². The van der Waals surface area contributed by atoms with Gasteiger partial charge in [-0.05, 0) is 53.5 Å². The predicted octanol–water partition coefficient (Wildman–Crippen LogP) is 9.15. The molecular weight excluding hydrogens is 326 g/mol. The highest BCUT2D eigenvalue weighted by Gasteiger charge is 2.35. The molecule has 1 heteroatoms. The Kier molecular flexibility index (Phi) is 15.8. The van der Waals surface area contributed by atoms with E-state index in [1.807, 2.05) is 0 Å². The first-order valence-corrected chi connectivity index (χ1v) is 12.6. The van der Waals surface area contributed by atoms with E-state index in [-0.39, 0.29) is 0 Å². The van der Waals surface area contributed by atoms with Gasteiger partial charge in [0, 0.05) is 11.1 Å². The Balaban J connectivity index is 4.00. The lowest BCUT2D eigenvalue weighted by molar-refractivity contribution is 0.00351. The molecule has 0 aliphatic rings. The van der Waals surface area contributed by atoms with Gasteiger partial charge in [0.2, 0.25) is 0 Å². The molecule has 0 saturated carbocycles. The summed E-state index contributed by atoms with van der Waals surface area (Å²) < 4.78 is 0. The van der Waals surface area contributed by atoms with Crippen molar-refractivity contribution in [2.45, 2.75) is 162 Å². The molecule has 0 aliphatic heterocycles. The van der Waals surface area contributed by atoms with Crippen molar-refractivity contribution >= 4 is 0 Å². The van der Waals surface area contributed by atoms with Gasteiger partial charge in [-0.25, -0.2) is 0 Å². The molecule has 0 N–H and O–H groups in total. The second kappa shape index (κ2) is 15.8. The summed E-state index contributed by atoms with van der Waals surface area (Å²) in [5.41, 5.74) is 0.649. The minimum absolute atomic E-state index is 0.325. The molecule has 0 aromatic rings. The van der Waals surface area contributed by atoms with Crippen LogP contribution in [0, 0.1) is 0 Å². The zero-order valence-corrected chi connectivity index (χ0v) is 20.5. The summed E-state index contributed by atoms with van der Waals surface area (Å²) >= 11 is 0. The maximum Gasteiger partial charge on any atom is 0.0158 e. The molecule has 0 unspecified atom stereocenters. The first-order valence-electron chi connectivity index (χ1n) is 12.6. The number of unbranched alkanes of at least 4 members (excludes halogenated alkanes) is 11. The molecule has 1 nitrogen and oxygen atoms in total. The van der Waals surface area contributed by atoms with E-state index in [4.69, 9.17) is 0 Å². The minimum Gasteiger partial charge on any atom is -0.293 e. The zero-order chi connectivity index (χ0) is 20.6. The molecule has 0 atom stereocenters. The van der Waals surface area contributed by atoms with Gasteiger partial charge in [-0.2, -0.15) is 0 Å². The monoisotopic (exact) mass is 381 g/mol. The van der Waals surface area contributed by atoms with Crippen molar-refractivity contribution < 1.29 is 0 Å². The summed E-state index contributed by atoms with van der Waals surface area (Å²) in [4.78, 5) is 2.84. The minimum atomic E-state index is 0.325. The van der Waals surface area contributed by atoms with Crippen molar-refractivity contribution in [2.24, 2.45) is 0 Å². The molecule has 0 amide bonds. The van der Waals surface area contributed by atoms with Crippen LogP contribution in [0.4, 0.5) is 0 Å². The van der Waals surface area contributed by atoms with Gasteiger partial charge in [0.25, 0.3) is 0 Å². The Morgan fingerprint density at radius 1 is 0.444 bits per heavy atom. The lowest BCUT2D eigenvalue weighted by Gasteiger charge is -2.49. The third-order valence-electron chi connectivity index (χ3n) is 6.42. The summed E-state index contributed by atoms with van der Waals surface area (Å²) in [6.07, 6.45) is 22.4. The predicted molar refractivity (Wildman–Crippen MR) is 126 cm³/mol. The molecule has 0 rings (SSSR count). The van der Waals surface area contributed by atoms with Crippen molar-refractivity contribution in [3.05, 3.63) is 0 Å². The quantitative estimate of drug-likeness (QED) is 0.202. The van der Waals surface area contributed by atoms with Crippen LogP contribution in [0.1, 0.15) is 151 Å². The number of hydrogen-bond donors (Lipinski definition) is 0. The first kappa shape index (κ1) is 27.0. The van der Waals surface area contributed by atoms with Gasteiger partial charge in [0.15, 0.2) is 0 Å². The van der Waals surface area contributed by atoms with Crippen molar-refractivity contribution in [1.82, 2.24) is 4.90 Å². The summed E-state index contributed by atoms with van der Waals surface area (Å²) in [6, 6.07) is 0. The highest BCUT2D eigenvalue weighted by molar-refractivity contribution is 4.92. The van der Waals surface area contributed by atoms with Gasteiger partial charge in [0.05, 0.1) is 0 Å². The number of nitrogens with zero attached hydrogens (tertiary/aromatic N) is 1. The fourth-order valence-corrected chi connectivity index (χ4v) is 5.03. The fourth-order valence-electron chi connectivity index (χ4n) is 5.03. The molecular formula is C26H55N. The Bertz CT molecular complexity index is 300. The third-order valence-corrected chi connectivity index (χ3v) is 6.42. The lowest BCUT2D eigenvalue weighted by Crippen LogP contribution is -2.55. The van der Waals surface area contributed by atoms with Crippen LogP contribution in [0.25, 0.3) is 0 Å². The molecule has 27 heavy (non-hydrogen) atoms. The molecule has 0 bridgehead atoms. The molecule has 164 valence electrons. The molecule has 0 saturated heterocycles. The molecule has 0 aliphatic carbocycles. The summed E-state index contributed by atoms with van der Waals surface area (Å²) in [7, 11) is 0. The summed E-state index contributed by atoms with van der Waals surface area (Å²) in [5, 5.41) is 0. The Labute approximate surface area is 174 Å². The van der Waals surface area contributed by atoms with E-state index in [1.165, 1.54) is 109 Å². The summed E-state index contributed by atoms with van der Waals surface area (Å²) in [5.74, 6) is 0. The van der Waals surface area contributed by atoms with Crippen LogP contribution in [-0.2, 0) is 0 Å². The second-order valence-corrected chi connectivity index (χ2v) is 10.2. The largest absolute Gasteiger partial charge is 0.293 e. The standard InChI is InChI=1S/C26H55N/c1-8-11-12-13-14-15-16-17-18-19-20-21-24-27(25(4,5)22-9-2)26(6,7)23-10-3/h8-24H2,1-7H3. The van der Waals surface area contributed by atoms with Crippen LogP contribution in [0.2, 0.25) is 0 Å². The van der Waals surface area contributed by atoms with Gasteiger partial charge in [-0.3, -0.25) is 4.90 Å². The number of rotatable bonds is 19. The Morgan fingerprint density at radius 2 is 0.778 bits per heavy atom. The average molecular weight is 382 g/mol. The Morgan fingerprint density at radius 3 is 1.11 bits per heavy atom. The molecule has 0 heterocycles. The van der Waals surface area contributed by atoms with Crippen LogP contribution >= 0.6 is 0 Å². The first-order chi connectivity index (χ1) is 12.8. The van der Waals surface area contributed by atoms with E-state index in [0.29, 0.717) is 11.1 Å². The van der Waals surface area contributed by atoms with Gasteiger partial charge in [0.1, 0.15) is 0 Å². The topological polar surface area (TPSA) is 3.24 Å². The van der Waals surface area contributed by atoms with E-state index in [1.54, 1.807) is 0 Å². The van der Waals surface area contributed by atoms with Crippen LogP contribution in [-0.4, -0.2) is 22.5 Å². The molecule has 0 spiro atoms. The van der Waals surface area contributed by atoms with E-state index < -0.39 is 0 Å². The molecule has 0 aromatic heterocycles. The normalized spacial score (nSPS) is 12.9. The van der Waals surface area contributed by atoms with Gasteiger partial charge in [-0.15, -0.1) is 0 Å².